The summed E-state index contributed by atoms with van der Waals surface area (Å²) in [6, 6.07) is 22.6. The smallest absolute Gasteiger partial charge is 0.243 e. The molecule has 0 radical (unpaired) electrons. The van der Waals surface area contributed by atoms with Crippen molar-refractivity contribution in [2.75, 3.05) is 13.1 Å². The van der Waals surface area contributed by atoms with Crippen LogP contribution in [0.15, 0.2) is 83.8 Å². The summed E-state index contributed by atoms with van der Waals surface area (Å²) in [6.07, 6.45) is 8.97. The largest absolute Gasteiger partial charge is 0.340 e. The molecular formula is C33H35FN2O2S. The Morgan fingerprint density at radius 1 is 0.897 bits per heavy atom. The van der Waals surface area contributed by atoms with E-state index in [0.29, 0.717) is 36.9 Å². The van der Waals surface area contributed by atoms with E-state index in [1.807, 2.05) is 36.4 Å². The maximum Gasteiger partial charge on any atom is 0.243 e. The third kappa shape index (κ3) is 5.08. The second kappa shape index (κ2) is 10.7. The number of hydrogen-bond donors (Lipinski definition) is 0. The van der Waals surface area contributed by atoms with Gasteiger partial charge in [0.1, 0.15) is 5.82 Å². The van der Waals surface area contributed by atoms with E-state index in [1.54, 1.807) is 16.4 Å². The van der Waals surface area contributed by atoms with Crippen LogP contribution in [-0.4, -0.2) is 30.4 Å². The van der Waals surface area contributed by atoms with Gasteiger partial charge < -0.3 is 4.57 Å². The molecule has 0 unspecified atom stereocenters. The van der Waals surface area contributed by atoms with Crippen molar-refractivity contribution in [1.29, 1.82) is 0 Å². The van der Waals surface area contributed by atoms with Crippen molar-refractivity contribution >= 4 is 26.5 Å². The van der Waals surface area contributed by atoms with Gasteiger partial charge in [-0.3, -0.25) is 0 Å². The standard InChI is InChI=1S/C33H35FN2O2S/c1-24-33(31-9-5-6-10-32(31)36(24)23-25-11-15-29(34)16-12-25)28-19-21-35(22-20-28)39(37,38)30-17-13-27(14-18-30)26-7-3-2-4-8-26/h5-6,9-19,26H,2-4,7-8,20-23H2,1H3. The molecule has 0 amide bonds. The second-order valence-corrected chi connectivity index (χ2v) is 12.9. The lowest BCUT2D eigenvalue weighted by atomic mass is 9.84. The molecule has 2 aliphatic rings. The Labute approximate surface area is 230 Å². The summed E-state index contributed by atoms with van der Waals surface area (Å²) < 4.78 is 44.3. The highest BCUT2D eigenvalue weighted by Gasteiger charge is 2.28. The van der Waals surface area contributed by atoms with E-state index in [-0.39, 0.29) is 5.82 Å². The Hall–Kier alpha value is -3.22. The average molecular weight is 543 g/mol. The minimum atomic E-state index is -3.55. The van der Waals surface area contributed by atoms with Gasteiger partial charge in [0.15, 0.2) is 0 Å². The molecule has 4 aromatic rings. The van der Waals surface area contributed by atoms with Crippen molar-refractivity contribution in [2.45, 2.75) is 62.8 Å². The molecule has 1 saturated carbocycles. The summed E-state index contributed by atoms with van der Waals surface area (Å²) in [4.78, 5) is 0.381. The Bertz CT molecular complexity index is 1610. The maximum absolute atomic E-state index is 13.5. The zero-order valence-electron chi connectivity index (χ0n) is 22.4. The van der Waals surface area contributed by atoms with Gasteiger partial charge in [-0.2, -0.15) is 4.31 Å². The van der Waals surface area contributed by atoms with Crippen molar-refractivity contribution in [3.63, 3.8) is 0 Å². The van der Waals surface area contributed by atoms with Crippen LogP contribution in [0.4, 0.5) is 4.39 Å². The summed E-state index contributed by atoms with van der Waals surface area (Å²) in [5, 5.41) is 1.16. The molecule has 0 spiro atoms. The van der Waals surface area contributed by atoms with E-state index >= 15 is 0 Å². The van der Waals surface area contributed by atoms with Crippen LogP contribution in [0.25, 0.3) is 16.5 Å². The number of aromatic nitrogens is 1. The fourth-order valence-corrected chi connectivity index (χ4v) is 7.79. The molecule has 0 bridgehead atoms. The molecule has 0 saturated heterocycles. The lowest BCUT2D eigenvalue weighted by molar-refractivity contribution is 0.439. The minimum absolute atomic E-state index is 0.236. The molecule has 1 aromatic heterocycles. The van der Waals surface area contributed by atoms with Gasteiger partial charge in [0.25, 0.3) is 0 Å². The van der Waals surface area contributed by atoms with Crippen LogP contribution in [0.1, 0.15) is 66.8 Å². The number of rotatable bonds is 6. The third-order valence-corrected chi connectivity index (χ3v) is 10.5. The summed E-state index contributed by atoms with van der Waals surface area (Å²) >= 11 is 0. The molecule has 202 valence electrons. The Balaban J connectivity index is 1.25. The summed E-state index contributed by atoms with van der Waals surface area (Å²) in [5.41, 5.74) is 6.94. The topological polar surface area (TPSA) is 42.3 Å². The van der Waals surface area contributed by atoms with Gasteiger partial charge in [-0.15, -0.1) is 0 Å². The van der Waals surface area contributed by atoms with Gasteiger partial charge in [-0.25, -0.2) is 12.8 Å². The number of para-hydroxylation sites is 1. The second-order valence-electron chi connectivity index (χ2n) is 10.9. The predicted octanol–water partition coefficient (Wildman–Crippen LogP) is 7.66. The van der Waals surface area contributed by atoms with E-state index in [0.717, 1.165) is 22.2 Å². The molecule has 1 fully saturated rings. The average Bonchev–Trinajstić information content (AvgIpc) is 3.25. The van der Waals surface area contributed by atoms with Crippen molar-refractivity contribution in [2.24, 2.45) is 0 Å². The van der Waals surface area contributed by atoms with E-state index in [2.05, 4.69) is 29.7 Å². The van der Waals surface area contributed by atoms with Gasteiger partial charge in [0.05, 0.1) is 4.90 Å². The van der Waals surface area contributed by atoms with Crippen LogP contribution in [0.3, 0.4) is 0 Å². The van der Waals surface area contributed by atoms with Gasteiger partial charge in [-0.1, -0.05) is 67.8 Å². The number of hydrogen-bond acceptors (Lipinski definition) is 2. The van der Waals surface area contributed by atoms with E-state index in [1.165, 1.54) is 60.9 Å². The number of fused-ring (bicyclic) bond motifs is 1. The highest BCUT2D eigenvalue weighted by molar-refractivity contribution is 7.89. The van der Waals surface area contributed by atoms with Gasteiger partial charge in [-0.05, 0) is 79.1 Å². The van der Waals surface area contributed by atoms with Crippen molar-refractivity contribution in [3.8, 4) is 0 Å². The molecule has 1 aliphatic carbocycles. The van der Waals surface area contributed by atoms with E-state index < -0.39 is 10.0 Å². The van der Waals surface area contributed by atoms with E-state index in [9.17, 15) is 12.8 Å². The SMILES string of the molecule is Cc1c(C2=CCN(S(=O)(=O)c3ccc(C4CCCCC4)cc3)CC2)c2ccccc2n1Cc1ccc(F)cc1. The Morgan fingerprint density at radius 2 is 1.62 bits per heavy atom. The summed E-state index contributed by atoms with van der Waals surface area (Å²) in [6.45, 7) is 3.59. The molecule has 0 atom stereocenters. The third-order valence-electron chi connectivity index (χ3n) is 8.57. The molecule has 6 rings (SSSR count). The van der Waals surface area contributed by atoms with E-state index in [4.69, 9.17) is 0 Å². The zero-order chi connectivity index (χ0) is 27.0. The van der Waals surface area contributed by atoms with Gasteiger partial charge in [0.2, 0.25) is 10.0 Å². The van der Waals surface area contributed by atoms with Crippen LogP contribution >= 0.6 is 0 Å². The minimum Gasteiger partial charge on any atom is -0.340 e. The first-order chi connectivity index (χ1) is 18.9. The van der Waals surface area contributed by atoms with Crippen molar-refractivity contribution < 1.29 is 12.8 Å². The highest BCUT2D eigenvalue weighted by Crippen LogP contribution is 2.36. The highest BCUT2D eigenvalue weighted by atomic mass is 32.2. The van der Waals surface area contributed by atoms with Crippen LogP contribution in [0.5, 0.6) is 0 Å². The summed E-state index contributed by atoms with van der Waals surface area (Å²) in [7, 11) is -3.55. The van der Waals surface area contributed by atoms with Gasteiger partial charge >= 0.3 is 0 Å². The maximum atomic E-state index is 13.5. The fraction of sp³-hybridized carbons (Fsp3) is 0.333. The normalized spacial score (nSPS) is 17.4. The van der Waals surface area contributed by atoms with Crippen LogP contribution < -0.4 is 0 Å². The van der Waals surface area contributed by atoms with Crippen molar-refractivity contribution in [3.05, 3.63) is 107 Å². The van der Waals surface area contributed by atoms with Crippen LogP contribution in [0.2, 0.25) is 0 Å². The lowest BCUT2D eigenvalue weighted by Gasteiger charge is -2.27. The number of halogens is 1. The molecule has 0 N–H and O–H groups in total. The van der Waals surface area contributed by atoms with Gasteiger partial charge in [0, 0.05) is 41.8 Å². The molecule has 39 heavy (non-hydrogen) atoms. The molecule has 2 heterocycles. The molecule has 1 aliphatic heterocycles. The van der Waals surface area contributed by atoms with Crippen LogP contribution in [-0.2, 0) is 16.6 Å². The number of nitrogens with zero attached hydrogens (tertiary/aromatic N) is 2. The quantitative estimate of drug-likeness (QED) is 0.251. The van der Waals surface area contributed by atoms with Crippen LogP contribution in [0, 0.1) is 12.7 Å². The first-order valence-corrected chi connectivity index (χ1v) is 15.5. The molecule has 3 aromatic carbocycles. The summed E-state index contributed by atoms with van der Waals surface area (Å²) in [5.74, 6) is 0.324. The monoisotopic (exact) mass is 542 g/mol. The molecular weight excluding hydrogens is 507 g/mol. The lowest BCUT2D eigenvalue weighted by Crippen LogP contribution is -2.34. The van der Waals surface area contributed by atoms with Crippen molar-refractivity contribution in [1.82, 2.24) is 8.87 Å². The first-order valence-electron chi connectivity index (χ1n) is 14.0. The molecule has 4 nitrogen and oxygen atoms in total. The number of sulfonamides is 1. The zero-order valence-corrected chi connectivity index (χ0v) is 23.3. The molecule has 6 heteroatoms. The Morgan fingerprint density at radius 3 is 2.31 bits per heavy atom. The number of benzene rings is 3. The first kappa shape index (κ1) is 26.0. The fourth-order valence-electron chi connectivity index (χ4n) is 6.41. The predicted molar refractivity (Wildman–Crippen MR) is 156 cm³/mol. The Kier molecular flexibility index (Phi) is 7.17.